The van der Waals surface area contributed by atoms with E-state index in [1.54, 1.807) is 12.0 Å². The van der Waals surface area contributed by atoms with Crippen LogP contribution in [-0.2, 0) is 11.3 Å². The van der Waals surface area contributed by atoms with Gasteiger partial charge in [0.25, 0.3) is 0 Å². The smallest absolute Gasteiger partial charge is 0.158 e. The molecule has 2 aromatic rings. The van der Waals surface area contributed by atoms with Crippen molar-refractivity contribution < 1.29 is 24.1 Å². The molecule has 0 unspecified atom stereocenters. The highest BCUT2D eigenvalue weighted by molar-refractivity contribution is 6.32. The summed E-state index contributed by atoms with van der Waals surface area (Å²) in [6.07, 6.45) is 0. The van der Waals surface area contributed by atoms with Gasteiger partial charge in [0.15, 0.2) is 5.76 Å². The van der Waals surface area contributed by atoms with E-state index < -0.39 is 0 Å². The van der Waals surface area contributed by atoms with Crippen LogP contribution in [-0.4, -0.2) is 46.5 Å². The molecule has 0 saturated carbocycles. The summed E-state index contributed by atoms with van der Waals surface area (Å²) < 4.78 is 16.5. The maximum absolute atomic E-state index is 6.18. The second-order valence-corrected chi connectivity index (χ2v) is 6.42. The minimum atomic E-state index is 0.591. The summed E-state index contributed by atoms with van der Waals surface area (Å²) in [7, 11) is 1.61. The topological polar surface area (TPSA) is 52.7 Å². The van der Waals surface area contributed by atoms with Gasteiger partial charge in [-0.15, -0.1) is 0 Å². The number of quaternary nitrogens is 2. The normalized spacial score (nSPS) is 15.6. The molecule has 130 valence electrons. The summed E-state index contributed by atoms with van der Waals surface area (Å²) in [6, 6.07) is 9.71. The molecule has 6 heteroatoms. The molecule has 1 fully saturated rings. The largest absolute Gasteiger partial charge is 0.495 e. The number of benzene rings is 1. The SMILES string of the molecule is COc1ccc(-c2ccc(C[NH2+]CC[NH+]3CCOCC3)o2)cc1Cl. The molecule has 1 aliphatic rings. The molecule has 3 N–H and O–H groups in total. The van der Waals surface area contributed by atoms with Crippen molar-refractivity contribution in [2.24, 2.45) is 0 Å². The van der Waals surface area contributed by atoms with Crippen molar-refractivity contribution in [1.82, 2.24) is 0 Å². The first kappa shape index (κ1) is 17.3. The average Bonchev–Trinajstić information content (AvgIpc) is 3.08. The van der Waals surface area contributed by atoms with Crippen LogP contribution in [0.25, 0.3) is 11.3 Å². The highest BCUT2D eigenvalue weighted by Crippen LogP contribution is 2.30. The Morgan fingerprint density at radius 1 is 1.21 bits per heavy atom. The fourth-order valence-corrected chi connectivity index (χ4v) is 3.18. The number of nitrogens with two attached hydrogens (primary N) is 1. The van der Waals surface area contributed by atoms with Gasteiger partial charge in [-0.2, -0.15) is 0 Å². The van der Waals surface area contributed by atoms with Gasteiger partial charge in [0.2, 0.25) is 0 Å². The molecule has 2 heterocycles. The van der Waals surface area contributed by atoms with E-state index in [0.29, 0.717) is 10.8 Å². The molecule has 3 rings (SSSR count). The van der Waals surface area contributed by atoms with Crippen molar-refractivity contribution in [1.29, 1.82) is 0 Å². The molecule has 0 bridgehead atoms. The first-order valence-electron chi connectivity index (χ1n) is 8.42. The number of methoxy groups -OCH3 is 1. The Hall–Kier alpha value is -1.53. The molecule has 0 radical (unpaired) electrons. The second kappa shape index (κ2) is 8.53. The molecular formula is C18H25ClN2O3+2. The van der Waals surface area contributed by atoms with Crippen LogP contribution in [0.3, 0.4) is 0 Å². The van der Waals surface area contributed by atoms with E-state index in [-0.39, 0.29) is 0 Å². The second-order valence-electron chi connectivity index (χ2n) is 6.01. The van der Waals surface area contributed by atoms with Crippen molar-refractivity contribution in [3.8, 4) is 17.1 Å². The first-order valence-corrected chi connectivity index (χ1v) is 8.79. The minimum Gasteiger partial charge on any atom is -0.495 e. The van der Waals surface area contributed by atoms with Crippen molar-refractivity contribution in [2.45, 2.75) is 6.54 Å². The van der Waals surface area contributed by atoms with Gasteiger partial charge in [-0.25, -0.2) is 0 Å². The third-order valence-corrected chi connectivity index (χ3v) is 4.64. The Morgan fingerprint density at radius 2 is 2.04 bits per heavy atom. The summed E-state index contributed by atoms with van der Waals surface area (Å²) in [6.45, 7) is 7.15. The third kappa shape index (κ3) is 4.51. The van der Waals surface area contributed by atoms with Gasteiger partial charge in [-0.1, -0.05) is 11.6 Å². The van der Waals surface area contributed by atoms with Gasteiger partial charge in [-0.3, -0.25) is 0 Å². The molecule has 0 aliphatic carbocycles. The molecule has 1 saturated heterocycles. The van der Waals surface area contributed by atoms with Crippen LogP contribution < -0.4 is 15.0 Å². The van der Waals surface area contributed by atoms with Crippen LogP contribution in [0.4, 0.5) is 0 Å². The summed E-state index contributed by atoms with van der Waals surface area (Å²) in [5.74, 6) is 2.49. The number of ether oxygens (including phenoxy) is 2. The lowest BCUT2D eigenvalue weighted by molar-refractivity contribution is -0.920. The molecule has 1 aromatic carbocycles. The Morgan fingerprint density at radius 3 is 2.79 bits per heavy atom. The first-order chi connectivity index (χ1) is 11.8. The van der Waals surface area contributed by atoms with Gasteiger partial charge in [-0.05, 0) is 30.3 Å². The maximum atomic E-state index is 6.18. The van der Waals surface area contributed by atoms with E-state index in [1.165, 1.54) is 6.54 Å². The third-order valence-electron chi connectivity index (χ3n) is 4.35. The Bertz CT molecular complexity index is 653. The molecule has 0 spiro atoms. The van der Waals surface area contributed by atoms with Crippen LogP contribution in [0, 0.1) is 0 Å². The van der Waals surface area contributed by atoms with Gasteiger partial charge in [0.1, 0.15) is 44.2 Å². The molecular weight excluding hydrogens is 328 g/mol. The standard InChI is InChI=1S/C18H23ClN2O3/c1-22-18-4-2-14(12-16(18)19)17-5-3-15(24-17)13-20-6-7-21-8-10-23-11-9-21/h2-5,12,20H,6-11,13H2,1H3/p+2. The number of rotatable bonds is 7. The van der Waals surface area contributed by atoms with Crippen molar-refractivity contribution in [2.75, 3.05) is 46.5 Å². The van der Waals surface area contributed by atoms with Crippen LogP contribution in [0.2, 0.25) is 5.02 Å². The summed E-state index contributed by atoms with van der Waals surface area (Å²) in [5, 5.41) is 2.89. The average molecular weight is 353 g/mol. The molecule has 5 nitrogen and oxygen atoms in total. The molecule has 0 atom stereocenters. The van der Waals surface area contributed by atoms with Crippen LogP contribution in [0.5, 0.6) is 5.75 Å². The lowest BCUT2D eigenvalue weighted by Gasteiger charge is -2.22. The predicted octanol–water partition coefficient (Wildman–Crippen LogP) is 0.587. The van der Waals surface area contributed by atoms with Crippen LogP contribution in [0.15, 0.2) is 34.7 Å². The summed E-state index contributed by atoms with van der Waals surface area (Å²) in [4.78, 5) is 1.63. The molecule has 0 amide bonds. The van der Waals surface area contributed by atoms with Gasteiger partial charge in [0, 0.05) is 5.56 Å². The van der Waals surface area contributed by atoms with Crippen molar-refractivity contribution in [3.63, 3.8) is 0 Å². The number of halogens is 1. The van der Waals surface area contributed by atoms with Gasteiger partial charge >= 0.3 is 0 Å². The zero-order valence-corrected chi connectivity index (χ0v) is 14.8. The number of nitrogens with one attached hydrogen (secondary N) is 1. The van der Waals surface area contributed by atoms with E-state index in [4.69, 9.17) is 25.5 Å². The number of furan rings is 1. The fourth-order valence-electron chi connectivity index (χ4n) is 2.92. The van der Waals surface area contributed by atoms with E-state index in [2.05, 4.69) is 5.32 Å². The maximum Gasteiger partial charge on any atom is 0.158 e. The highest BCUT2D eigenvalue weighted by atomic mass is 35.5. The summed E-state index contributed by atoms with van der Waals surface area (Å²) >= 11 is 6.18. The molecule has 24 heavy (non-hydrogen) atoms. The van der Waals surface area contributed by atoms with Crippen molar-refractivity contribution >= 4 is 11.6 Å². The summed E-state index contributed by atoms with van der Waals surface area (Å²) in [5.41, 5.74) is 0.963. The fraction of sp³-hybridized carbons (Fsp3) is 0.444. The van der Waals surface area contributed by atoms with E-state index in [9.17, 15) is 0 Å². The zero-order valence-electron chi connectivity index (χ0n) is 14.0. The predicted molar refractivity (Wildman–Crippen MR) is 92.6 cm³/mol. The van der Waals surface area contributed by atoms with Gasteiger partial charge in [0.05, 0.1) is 25.3 Å². The van der Waals surface area contributed by atoms with E-state index >= 15 is 0 Å². The van der Waals surface area contributed by atoms with Crippen LogP contribution >= 0.6 is 11.6 Å². The van der Waals surface area contributed by atoms with E-state index in [0.717, 1.165) is 56.5 Å². The number of hydrogen-bond acceptors (Lipinski definition) is 3. The number of hydrogen-bond donors (Lipinski definition) is 2. The lowest BCUT2D eigenvalue weighted by Crippen LogP contribution is -3.16. The zero-order chi connectivity index (χ0) is 16.8. The van der Waals surface area contributed by atoms with Crippen molar-refractivity contribution in [3.05, 3.63) is 41.1 Å². The molecule has 1 aliphatic heterocycles. The Kier molecular flexibility index (Phi) is 6.15. The van der Waals surface area contributed by atoms with E-state index in [1.807, 2.05) is 30.3 Å². The Labute approximate surface area is 147 Å². The Balaban J connectivity index is 1.49. The molecule has 1 aromatic heterocycles. The highest BCUT2D eigenvalue weighted by Gasteiger charge is 2.14. The van der Waals surface area contributed by atoms with Gasteiger partial charge < -0.3 is 24.1 Å². The number of morpholine rings is 1. The minimum absolute atomic E-state index is 0.591. The lowest BCUT2D eigenvalue weighted by atomic mass is 10.2. The quantitative estimate of drug-likeness (QED) is 0.717. The van der Waals surface area contributed by atoms with Crippen LogP contribution in [0.1, 0.15) is 5.76 Å². The monoisotopic (exact) mass is 352 g/mol.